The molecule has 0 aliphatic carbocycles. The molecule has 1 rings (SSSR count). The standard InChI is InChI=1S/C15H20BrFO/c1-3-5-7-11(4-2)10-14(18)12-8-6-9-13(17)15(12)16/h6,8-9,11H,3-5,7,10H2,1-2H3. The van der Waals surface area contributed by atoms with Gasteiger partial charge in [0.25, 0.3) is 0 Å². The van der Waals surface area contributed by atoms with E-state index in [9.17, 15) is 9.18 Å². The highest BCUT2D eigenvalue weighted by atomic mass is 79.9. The monoisotopic (exact) mass is 314 g/mol. The zero-order chi connectivity index (χ0) is 13.5. The molecule has 1 nitrogen and oxygen atoms in total. The molecule has 0 N–H and O–H groups in total. The number of carbonyl (C=O) groups is 1. The van der Waals surface area contributed by atoms with Crippen molar-refractivity contribution in [3.63, 3.8) is 0 Å². The minimum absolute atomic E-state index is 0.0318. The van der Waals surface area contributed by atoms with Crippen molar-refractivity contribution < 1.29 is 9.18 Å². The normalized spacial score (nSPS) is 12.4. The van der Waals surface area contributed by atoms with Crippen LogP contribution < -0.4 is 0 Å². The van der Waals surface area contributed by atoms with Gasteiger partial charge in [0.2, 0.25) is 0 Å². The van der Waals surface area contributed by atoms with Crippen LogP contribution in [0.1, 0.15) is 56.3 Å². The Morgan fingerprint density at radius 2 is 2.11 bits per heavy atom. The van der Waals surface area contributed by atoms with E-state index in [0.29, 0.717) is 22.4 Å². The summed E-state index contributed by atoms with van der Waals surface area (Å²) >= 11 is 3.15. The minimum Gasteiger partial charge on any atom is -0.294 e. The fourth-order valence-electron chi connectivity index (χ4n) is 2.03. The molecule has 1 atom stereocenters. The number of carbonyl (C=O) groups excluding carboxylic acids is 1. The van der Waals surface area contributed by atoms with Crippen LogP contribution in [0.15, 0.2) is 22.7 Å². The van der Waals surface area contributed by atoms with Crippen molar-refractivity contribution in [1.29, 1.82) is 0 Å². The van der Waals surface area contributed by atoms with E-state index < -0.39 is 0 Å². The average Bonchev–Trinajstić information content (AvgIpc) is 2.37. The lowest BCUT2D eigenvalue weighted by molar-refractivity contribution is 0.0955. The predicted molar refractivity (Wildman–Crippen MR) is 76.4 cm³/mol. The molecule has 0 aliphatic rings. The first-order valence-corrected chi connectivity index (χ1v) is 7.36. The molecule has 1 unspecified atom stereocenters. The third-order valence-electron chi connectivity index (χ3n) is 3.27. The van der Waals surface area contributed by atoms with Crippen molar-refractivity contribution in [2.24, 2.45) is 5.92 Å². The number of unbranched alkanes of at least 4 members (excludes halogenated alkanes) is 1. The maximum Gasteiger partial charge on any atom is 0.164 e. The van der Waals surface area contributed by atoms with E-state index in [0.717, 1.165) is 25.7 Å². The van der Waals surface area contributed by atoms with Gasteiger partial charge in [-0.3, -0.25) is 4.79 Å². The molecule has 100 valence electrons. The fourth-order valence-corrected chi connectivity index (χ4v) is 2.52. The molecule has 0 aliphatic heterocycles. The van der Waals surface area contributed by atoms with Crippen LogP contribution in [0.3, 0.4) is 0 Å². The molecule has 0 fully saturated rings. The molecule has 1 aromatic rings. The van der Waals surface area contributed by atoms with Crippen LogP contribution in [0.25, 0.3) is 0 Å². The van der Waals surface area contributed by atoms with E-state index in [4.69, 9.17) is 0 Å². The van der Waals surface area contributed by atoms with Crippen molar-refractivity contribution >= 4 is 21.7 Å². The van der Waals surface area contributed by atoms with Gasteiger partial charge in [-0.25, -0.2) is 4.39 Å². The molecule has 3 heteroatoms. The Balaban J connectivity index is 2.72. The summed E-state index contributed by atoms with van der Waals surface area (Å²) in [5.41, 5.74) is 0.463. The molecule has 0 amide bonds. The number of benzene rings is 1. The summed E-state index contributed by atoms with van der Waals surface area (Å²) in [5, 5.41) is 0. The first-order chi connectivity index (χ1) is 8.60. The lowest BCUT2D eigenvalue weighted by atomic mass is 9.91. The van der Waals surface area contributed by atoms with E-state index >= 15 is 0 Å². The van der Waals surface area contributed by atoms with Crippen LogP contribution in [0, 0.1) is 11.7 Å². The van der Waals surface area contributed by atoms with Gasteiger partial charge in [-0.1, -0.05) is 51.7 Å². The maximum atomic E-state index is 13.4. The topological polar surface area (TPSA) is 17.1 Å². The van der Waals surface area contributed by atoms with E-state index in [2.05, 4.69) is 29.8 Å². The highest BCUT2D eigenvalue weighted by Crippen LogP contribution is 2.25. The van der Waals surface area contributed by atoms with Gasteiger partial charge in [-0.2, -0.15) is 0 Å². The largest absolute Gasteiger partial charge is 0.294 e. The van der Waals surface area contributed by atoms with E-state index in [1.165, 1.54) is 6.07 Å². The van der Waals surface area contributed by atoms with Gasteiger partial charge in [0.1, 0.15) is 5.82 Å². The van der Waals surface area contributed by atoms with Gasteiger partial charge >= 0.3 is 0 Å². The second-order valence-corrected chi connectivity index (χ2v) is 5.44. The molecule has 0 saturated carbocycles. The van der Waals surface area contributed by atoms with Crippen molar-refractivity contribution in [3.8, 4) is 0 Å². The average molecular weight is 315 g/mol. The van der Waals surface area contributed by atoms with Crippen molar-refractivity contribution in [1.82, 2.24) is 0 Å². The van der Waals surface area contributed by atoms with Crippen molar-refractivity contribution in [2.75, 3.05) is 0 Å². The van der Waals surface area contributed by atoms with Gasteiger partial charge < -0.3 is 0 Å². The Morgan fingerprint density at radius 1 is 1.39 bits per heavy atom. The number of hydrogen-bond acceptors (Lipinski definition) is 1. The Labute approximate surface area is 117 Å². The van der Waals surface area contributed by atoms with E-state index in [1.54, 1.807) is 12.1 Å². The molecule has 0 spiro atoms. The van der Waals surface area contributed by atoms with Crippen LogP contribution in [0.4, 0.5) is 4.39 Å². The molecule has 0 bridgehead atoms. The Kier molecular flexibility index (Phi) is 6.55. The van der Waals surface area contributed by atoms with Crippen LogP contribution >= 0.6 is 15.9 Å². The van der Waals surface area contributed by atoms with Crippen LogP contribution in [-0.4, -0.2) is 5.78 Å². The second kappa shape index (κ2) is 7.67. The Hall–Kier alpha value is -0.700. The molecular weight excluding hydrogens is 295 g/mol. The van der Waals surface area contributed by atoms with Gasteiger partial charge in [0.05, 0.1) is 4.47 Å². The second-order valence-electron chi connectivity index (χ2n) is 4.65. The maximum absolute atomic E-state index is 13.4. The summed E-state index contributed by atoms with van der Waals surface area (Å²) in [4.78, 5) is 12.2. The lowest BCUT2D eigenvalue weighted by Crippen LogP contribution is -2.09. The summed E-state index contributed by atoms with van der Waals surface area (Å²) < 4.78 is 13.7. The van der Waals surface area contributed by atoms with Gasteiger partial charge in [0, 0.05) is 12.0 Å². The van der Waals surface area contributed by atoms with E-state index in [-0.39, 0.29) is 11.6 Å². The minimum atomic E-state index is -0.373. The number of Topliss-reactive ketones (excluding diaryl/α,β-unsaturated/α-hetero) is 1. The Morgan fingerprint density at radius 3 is 2.72 bits per heavy atom. The molecule has 0 radical (unpaired) electrons. The van der Waals surface area contributed by atoms with Crippen LogP contribution in [0.2, 0.25) is 0 Å². The molecule has 18 heavy (non-hydrogen) atoms. The van der Waals surface area contributed by atoms with Gasteiger partial charge in [-0.15, -0.1) is 0 Å². The van der Waals surface area contributed by atoms with Gasteiger partial charge in [0.15, 0.2) is 5.78 Å². The quantitative estimate of drug-likeness (QED) is 0.618. The van der Waals surface area contributed by atoms with Crippen LogP contribution in [-0.2, 0) is 0 Å². The zero-order valence-corrected chi connectivity index (χ0v) is 12.6. The summed E-state index contributed by atoms with van der Waals surface area (Å²) in [6.45, 7) is 4.26. The van der Waals surface area contributed by atoms with E-state index in [1.807, 2.05) is 0 Å². The zero-order valence-electron chi connectivity index (χ0n) is 11.0. The first kappa shape index (κ1) is 15.4. The Bertz CT molecular complexity index is 403. The highest BCUT2D eigenvalue weighted by Gasteiger charge is 2.17. The number of rotatable bonds is 7. The molecular formula is C15H20BrFO. The van der Waals surface area contributed by atoms with Crippen molar-refractivity contribution in [2.45, 2.75) is 46.0 Å². The number of halogens is 2. The predicted octanol–water partition coefficient (Wildman–Crippen LogP) is 5.38. The summed E-state index contributed by atoms with van der Waals surface area (Å²) in [6, 6.07) is 4.62. The third-order valence-corrected chi connectivity index (χ3v) is 4.08. The summed E-state index contributed by atoms with van der Waals surface area (Å²) in [6.07, 6.45) is 4.88. The third kappa shape index (κ3) is 4.20. The number of ketones is 1. The summed E-state index contributed by atoms with van der Waals surface area (Å²) in [5.74, 6) is 0.0689. The van der Waals surface area contributed by atoms with Crippen LogP contribution in [0.5, 0.6) is 0 Å². The molecule has 0 aromatic heterocycles. The molecule has 0 heterocycles. The SMILES string of the molecule is CCCCC(CC)CC(=O)c1cccc(F)c1Br. The first-order valence-electron chi connectivity index (χ1n) is 6.57. The number of hydrogen-bond donors (Lipinski definition) is 0. The van der Waals surface area contributed by atoms with Gasteiger partial charge in [-0.05, 0) is 27.9 Å². The molecule has 0 saturated heterocycles. The summed E-state index contributed by atoms with van der Waals surface area (Å²) in [7, 11) is 0. The smallest absolute Gasteiger partial charge is 0.164 e. The lowest BCUT2D eigenvalue weighted by Gasteiger charge is -2.14. The highest BCUT2D eigenvalue weighted by molar-refractivity contribution is 9.10. The molecule has 1 aromatic carbocycles. The van der Waals surface area contributed by atoms with Crippen molar-refractivity contribution in [3.05, 3.63) is 34.1 Å². The fraction of sp³-hybridized carbons (Fsp3) is 0.533.